The Kier molecular flexibility index (Phi) is 3.49. The van der Waals surface area contributed by atoms with Crippen molar-refractivity contribution in [1.29, 1.82) is 0 Å². The summed E-state index contributed by atoms with van der Waals surface area (Å²) in [4.78, 5) is 16.5. The van der Waals surface area contributed by atoms with Gasteiger partial charge in [-0.3, -0.25) is 4.79 Å². The number of nitrogens with one attached hydrogen (secondary N) is 1. The summed E-state index contributed by atoms with van der Waals surface area (Å²) in [5.74, 6) is -0.119. The predicted octanol–water partition coefficient (Wildman–Crippen LogP) is 1.99. The van der Waals surface area contributed by atoms with Gasteiger partial charge in [0.15, 0.2) is 0 Å². The first-order valence-corrected chi connectivity index (χ1v) is 6.05. The Morgan fingerprint density at radius 1 is 1.47 bits per heavy atom. The summed E-state index contributed by atoms with van der Waals surface area (Å²) in [6.07, 6.45) is 0. The van der Waals surface area contributed by atoms with E-state index < -0.39 is 0 Å². The first-order valence-electron chi connectivity index (χ1n) is 5.26. The van der Waals surface area contributed by atoms with Gasteiger partial charge in [0.25, 0.3) is 5.91 Å². The summed E-state index contributed by atoms with van der Waals surface area (Å²) in [7, 11) is 1.67. The Bertz CT molecular complexity index is 550. The van der Waals surface area contributed by atoms with Crippen molar-refractivity contribution in [1.82, 2.24) is 9.88 Å². The Hall–Kier alpha value is -1.33. The highest BCUT2D eigenvalue weighted by molar-refractivity contribution is 9.10. The number of carbonyl (C=O) groups is 1. The van der Waals surface area contributed by atoms with E-state index >= 15 is 0 Å². The van der Waals surface area contributed by atoms with Gasteiger partial charge in [-0.25, -0.2) is 0 Å². The van der Waals surface area contributed by atoms with E-state index in [1.54, 1.807) is 7.05 Å². The van der Waals surface area contributed by atoms with E-state index in [2.05, 4.69) is 20.9 Å². The largest absolute Gasteiger partial charge is 0.395 e. The molecule has 4 nitrogen and oxygen atoms in total. The van der Waals surface area contributed by atoms with Crippen LogP contribution in [0.1, 0.15) is 10.5 Å². The number of benzene rings is 1. The van der Waals surface area contributed by atoms with E-state index in [4.69, 9.17) is 5.11 Å². The monoisotopic (exact) mass is 296 g/mol. The number of rotatable bonds is 3. The predicted molar refractivity (Wildman–Crippen MR) is 70.0 cm³/mol. The van der Waals surface area contributed by atoms with Crippen LogP contribution >= 0.6 is 15.9 Å². The van der Waals surface area contributed by atoms with Crippen molar-refractivity contribution in [2.24, 2.45) is 0 Å². The average molecular weight is 297 g/mol. The number of aliphatic hydroxyl groups excluding tert-OH is 1. The first kappa shape index (κ1) is 12.1. The highest BCUT2D eigenvalue weighted by Gasteiger charge is 2.13. The van der Waals surface area contributed by atoms with Crippen LogP contribution in [0.2, 0.25) is 0 Å². The zero-order valence-corrected chi connectivity index (χ0v) is 11.0. The van der Waals surface area contributed by atoms with Crippen LogP contribution in [0.15, 0.2) is 28.7 Å². The molecule has 0 atom stereocenters. The van der Waals surface area contributed by atoms with Gasteiger partial charge in [0.1, 0.15) is 5.69 Å². The van der Waals surface area contributed by atoms with Crippen molar-refractivity contribution < 1.29 is 9.90 Å². The van der Waals surface area contributed by atoms with Crippen LogP contribution in [-0.4, -0.2) is 41.1 Å². The number of aromatic amines is 1. The molecule has 2 aromatic rings. The summed E-state index contributed by atoms with van der Waals surface area (Å²) in [5, 5.41) is 9.79. The molecule has 90 valence electrons. The first-order chi connectivity index (χ1) is 8.11. The molecule has 2 N–H and O–H groups in total. The van der Waals surface area contributed by atoms with Gasteiger partial charge in [-0.15, -0.1) is 0 Å². The van der Waals surface area contributed by atoms with E-state index in [0.717, 1.165) is 15.4 Å². The number of H-pyrrole nitrogens is 1. The molecule has 0 aliphatic carbocycles. The van der Waals surface area contributed by atoms with E-state index in [1.807, 2.05) is 24.3 Å². The van der Waals surface area contributed by atoms with E-state index in [9.17, 15) is 4.79 Å². The molecule has 0 saturated heterocycles. The number of hydrogen-bond donors (Lipinski definition) is 2. The summed E-state index contributed by atoms with van der Waals surface area (Å²) in [6, 6.07) is 7.62. The van der Waals surface area contributed by atoms with Crippen LogP contribution in [-0.2, 0) is 0 Å². The van der Waals surface area contributed by atoms with Crippen molar-refractivity contribution in [2.75, 3.05) is 20.2 Å². The molecule has 0 spiro atoms. The van der Waals surface area contributed by atoms with Crippen molar-refractivity contribution in [3.05, 3.63) is 34.4 Å². The molecule has 1 aromatic carbocycles. The molecule has 0 bridgehead atoms. The lowest BCUT2D eigenvalue weighted by Gasteiger charge is -2.13. The molecule has 0 aliphatic rings. The van der Waals surface area contributed by atoms with Gasteiger partial charge < -0.3 is 15.0 Å². The van der Waals surface area contributed by atoms with Crippen LogP contribution in [0.3, 0.4) is 0 Å². The molecule has 1 amide bonds. The minimum Gasteiger partial charge on any atom is -0.395 e. The number of fused-ring (bicyclic) bond motifs is 1. The normalized spacial score (nSPS) is 10.8. The molecule has 0 fully saturated rings. The van der Waals surface area contributed by atoms with Crippen molar-refractivity contribution >= 4 is 32.7 Å². The molecule has 0 aliphatic heterocycles. The molecular formula is C12H13BrN2O2. The molecule has 0 radical (unpaired) electrons. The Balaban J connectivity index is 2.33. The Labute approximate surface area is 107 Å². The molecule has 5 heteroatoms. The lowest BCUT2D eigenvalue weighted by Crippen LogP contribution is -2.29. The van der Waals surface area contributed by atoms with Crippen molar-refractivity contribution in [2.45, 2.75) is 0 Å². The number of aliphatic hydroxyl groups is 1. The van der Waals surface area contributed by atoms with Gasteiger partial charge in [-0.2, -0.15) is 0 Å². The van der Waals surface area contributed by atoms with Crippen LogP contribution in [0, 0.1) is 0 Å². The highest BCUT2D eigenvalue weighted by Crippen LogP contribution is 2.20. The third kappa shape index (κ3) is 2.50. The van der Waals surface area contributed by atoms with Gasteiger partial charge >= 0.3 is 0 Å². The van der Waals surface area contributed by atoms with Crippen molar-refractivity contribution in [3.8, 4) is 0 Å². The zero-order chi connectivity index (χ0) is 12.4. The number of amides is 1. The lowest BCUT2D eigenvalue weighted by atomic mass is 10.2. The van der Waals surface area contributed by atoms with E-state index in [0.29, 0.717) is 12.2 Å². The van der Waals surface area contributed by atoms with Crippen LogP contribution in [0.5, 0.6) is 0 Å². The standard InChI is InChI=1S/C12H13BrN2O2/c1-15(4-5-16)12(17)11-6-8-2-3-9(13)7-10(8)14-11/h2-3,6-7,14,16H,4-5H2,1H3. The van der Waals surface area contributed by atoms with Crippen molar-refractivity contribution in [3.63, 3.8) is 0 Å². The molecule has 2 rings (SSSR count). The van der Waals surface area contributed by atoms with Gasteiger partial charge in [-0.1, -0.05) is 22.0 Å². The Morgan fingerprint density at radius 2 is 2.24 bits per heavy atom. The number of halogens is 1. The topological polar surface area (TPSA) is 56.3 Å². The number of nitrogens with zero attached hydrogens (tertiary/aromatic N) is 1. The second kappa shape index (κ2) is 4.89. The fourth-order valence-electron chi connectivity index (χ4n) is 1.67. The van der Waals surface area contributed by atoms with Gasteiger partial charge in [-0.05, 0) is 18.2 Å². The number of aromatic nitrogens is 1. The third-order valence-electron chi connectivity index (χ3n) is 2.60. The molecule has 1 aromatic heterocycles. The minimum atomic E-state index is -0.119. The fourth-order valence-corrected chi connectivity index (χ4v) is 2.03. The Morgan fingerprint density at radius 3 is 2.94 bits per heavy atom. The fraction of sp³-hybridized carbons (Fsp3) is 0.250. The van der Waals surface area contributed by atoms with Gasteiger partial charge in [0.05, 0.1) is 6.61 Å². The molecule has 17 heavy (non-hydrogen) atoms. The van der Waals surface area contributed by atoms with E-state index in [1.165, 1.54) is 4.90 Å². The maximum Gasteiger partial charge on any atom is 0.270 e. The van der Waals surface area contributed by atoms with Gasteiger partial charge in [0.2, 0.25) is 0 Å². The second-order valence-electron chi connectivity index (χ2n) is 3.86. The summed E-state index contributed by atoms with van der Waals surface area (Å²) in [6.45, 7) is 0.298. The SMILES string of the molecule is CN(CCO)C(=O)c1cc2ccc(Br)cc2[nH]1. The third-order valence-corrected chi connectivity index (χ3v) is 3.09. The summed E-state index contributed by atoms with van der Waals surface area (Å²) < 4.78 is 0.967. The van der Waals surface area contributed by atoms with Gasteiger partial charge in [0, 0.05) is 29.0 Å². The van der Waals surface area contributed by atoms with Crippen LogP contribution in [0.25, 0.3) is 10.9 Å². The highest BCUT2D eigenvalue weighted by atomic mass is 79.9. The number of carbonyl (C=O) groups excluding carboxylic acids is 1. The molecular weight excluding hydrogens is 284 g/mol. The summed E-state index contributed by atoms with van der Waals surface area (Å²) in [5.41, 5.74) is 1.45. The summed E-state index contributed by atoms with van der Waals surface area (Å²) >= 11 is 3.38. The molecule has 0 unspecified atom stereocenters. The lowest BCUT2D eigenvalue weighted by molar-refractivity contribution is 0.0762. The van der Waals surface area contributed by atoms with Crippen LogP contribution < -0.4 is 0 Å². The minimum absolute atomic E-state index is 0.0337. The average Bonchev–Trinajstić information content (AvgIpc) is 2.71. The maximum atomic E-state index is 12.0. The molecule has 0 saturated carbocycles. The zero-order valence-electron chi connectivity index (χ0n) is 9.40. The second-order valence-corrected chi connectivity index (χ2v) is 4.78. The van der Waals surface area contributed by atoms with E-state index in [-0.39, 0.29) is 12.5 Å². The number of hydrogen-bond acceptors (Lipinski definition) is 2. The van der Waals surface area contributed by atoms with Crippen LogP contribution in [0.4, 0.5) is 0 Å². The number of likely N-dealkylation sites (N-methyl/N-ethyl adjacent to an activating group) is 1. The smallest absolute Gasteiger partial charge is 0.270 e. The maximum absolute atomic E-state index is 12.0. The molecule has 1 heterocycles. The quantitative estimate of drug-likeness (QED) is 0.910.